The van der Waals surface area contributed by atoms with Crippen LogP contribution in [0, 0.1) is 0 Å². The maximum atomic E-state index is 10.2. The van der Waals surface area contributed by atoms with E-state index < -0.39 is 10.7 Å². The number of anilines is 1. The number of nitrogens with zero attached hydrogens (tertiary/aromatic N) is 3. The molecule has 10 nitrogen and oxygen atoms in total. The van der Waals surface area contributed by atoms with Crippen LogP contribution in [0.3, 0.4) is 0 Å². The highest BCUT2D eigenvalue weighted by atomic mass is 32.2. The van der Waals surface area contributed by atoms with Crippen molar-refractivity contribution in [3.8, 4) is 0 Å². The topological polar surface area (TPSA) is 156 Å². The Labute approximate surface area is 104 Å². The zero-order chi connectivity index (χ0) is 13.4. The Bertz CT molecular complexity index is 462. The van der Waals surface area contributed by atoms with E-state index in [-0.39, 0.29) is 23.2 Å². The van der Waals surface area contributed by atoms with Gasteiger partial charge in [-0.3, -0.25) is 15.7 Å². The minimum atomic E-state index is -2.42. The second-order valence-electron chi connectivity index (χ2n) is 3.18. The number of aliphatic imine (C=N–C) groups is 1. The lowest BCUT2D eigenvalue weighted by atomic mass is 10.4. The molecular weight excluding hydrogens is 264 g/mol. The fraction of sp³-hybridized carbons (Fsp3) is 0.571. The summed E-state index contributed by atoms with van der Waals surface area (Å²) in [5, 5.41) is 18.4. The molecule has 1 rings (SSSR count). The molecule has 18 heavy (non-hydrogen) atoms. The SMILES string of the molecule is Nc1nonc1C(=NCCCNC[SH](=O)=O)NO. The molecule has 0 saturated carbocycles. The molecule has 0 aromatic carbocycles. The Kier molecular flexibility index (Phi) is 6.04. The molecule has 0 radical (unpaired) electrons. The molecule has 0 bridgehead atoms. The highest BCUT2D eigenvalue weighted by Gasteiger charge is 2.12. The first kappa shape index (κ1) is 14.3. The number of hydroxylamine groups is 1. The third-order valence-electron chi connectivity index (χ3n) is 1.87. The number of amidine groups is 1. The van der Waals surface area contributed by atoms with Crippen molar-refractivity contribution in [2.75, 3.05) is 24.7 Å². The summed E-state index contributed by atoms with van der Waals surface area (Å²) >= 11 is 0. The van der Waals surface area contributed by atoms with Gasteiger partial charge in [-0.2, -0.15) is 0 Å². The quantitative estimate of drug-likeness (QED) is 0.124. The fourth-order valence-corrected chi connectivity index (χ4v) is 1.43. The average Bonchev–Trinajstić information content (AvgIpc) is 2.74. The van der Waals surface area contributed by atoms with Crippen LogP contribution in [-0.4, -0.2) is 48.7 Å². The number of aromatic nitrogens is 2. The summed E-state index contributed by atoms with van der Waals surface area (Å²) in [7, 11) is -2.42. The zero-order valence-corrected chi connectivity index (χ0v) is 10.3. The minimum absolute atomic E-state index is 0.0109. The van der Waals surface area contributed by atoms with Gasteiger partial charge in [0.2, 0.25) is 0 Å². The first-order chi connectivity index (χ1) is 8.65. The van der Waals surface area contributed by atoms with E-state index in [1.165, 1.54) is 0 Å². The molecule has 0 aliphatic heterocycles. The van der Waals surface area contributed by atoms with Crippen molar-refractivity contribution in [2.24, 2.45) is 4.99 Å². The fourth-order valence-electron chi connectivity index (χ4n) is 1.09. The standard InChI is InChI=1S/C7H14N6O4S/c8-6-5(12-17-13-6)7(11-14)10-3-1-2-9-4-18(15)16/h9,14,18H,1-4H2,(H2,8,13)(H,10,11). The van der Waals surface area contributed by atoms with E-state index in [9.17, 15) is 8.42 Å². The molecule has 1 heterocycles. The Morgan fingerprint density at radius 2 is 2.28 bits per heavy atom. The van der Waals surface area contributed by atoms with Gasteiger partial charge < -0.3 is 11.1 Å². The van der Waals surface area contributed by atoms with Crippen LogP contribution >= 0.6 is 0 Å². The molecule has 11 heteroatoms. The van der Waals surface area contributed by atoms with Gasteiger partial charge in [0.05, 0.1) is 5.88 Å². The molecule has 0 unspecified atom stereocenters. The predicted molar refractivity (Wildman–Crippen MR) is 62.8 cm³/mol. The van der Waals surface area contributed by atoms with Crippen LogP contribution in [0.15, 0.2) is 9.62 Å². The average molecular weight is 278 g/mol. The molecule has 0 aliphatic carbocycles. The van der Waals surface area contributed by atoms with Crippen LogP contribution in [0.25, 0.3) is 0 Å². The summed E-state index contributed by atoms with van der Waals surface area (Å²) in [5.41, 5.74) is 7.39. The van der Waals surface area contributed by atoms with Crippen molar-refractivity contribution in [1.82, 2.24) is 21.1 Å². The summed E-state index contributed by atoms with van der Waals surface area (Å²) in [5.74, 6) is -0.00922. The Hall–Kier alpha value is -1.72. The van der Waals surface area contributed by atoms with Gasteiger partial charge in [-0.1, -0.05) is 0 Å². The summed E-state index contributed by atoms with van der Waals surface area (Å²) in [6, 6.07) is 0. The summed E-state index contributed by atoms with van der Waals surface area (Å²) in [6.45, 7) is 0.829. The molecule has 0 atom stereocenters. The molecule has 1 aromatic rings. The molecule has 0 aliphatic rings. The van der Waals surface area contributed by atoms with Gasteiger partial charge in [-0.25, -0.2) is 13.0 Å². The van der Waals surface area contributed by atoms with Gasteiger partial charge in [-0.15, -0.1) is 0 Å². The number of thiol groups is 1. The third-order valence-corrected chi connectivity index (χ3v) is 2.35. The van der Waals surface area contributed by atoms with E-state index in [4.69, 9.17) is 10.9 Å². The van der Waals surface area contributed by atoms with Gasteiger partial charge >= 0.3 is 0 Å². The van der Waals surface area contributed by atoms with Crippen LogP contribution < -0.4 is 16.5 Å². The second-order valence-corrected chi connectivity index (χ2v) is 4.17. The second kappa shape index (κ2) is 7.58. The number of nitrogens with one attached hydrogen (secondary N) is 2. The number of hydrogen-bond acceptors (Lipinski definition) is 9. The molecule has 0 spiro atoms. The Balaban J connectivity index is 2.38. The summed E-state index contributed by atoms with van der Waals surface area (Å²) in [4.78, 5) is 3.98. The summed E-state index contributed by atoms with van der Waals surface area (Å²) in [6.07, 6.45) is 0.583. The highest BCUT2D eigenvalue weighted by molar-refractivity contribution is 7.72. The molecule has 1 aromatic heterocycles. The lowest BCUT2D eigenvalue weighted by molar-refractivity contribution is 0.233. The number of hydrogen-bond donors (Lipinski definition) is 5. The summed E-state index contributed by atoms with van der Waals surface area (Å²) < 4.78 is 24.9. The normalized spacial score (nSPS) is 12.0. The van der Waals surface area contributed by atoms with Crippen LogP contribution in [0.4, 0.5) is 5.82 Å². The Morgan fingerprint density at radius 1 is 1.50 bits per heavy atom. The van der Waals surface area contributed by atoms with Crippen molar-refractivity contribution in [2.45, 2.75) is 6.42 Å². The first-order valence-corrected chi connectivity index (χ1v) is 6.37. The van der Waals surface area contributed by atoms with E-state index in [1.54, 1.807) is 0 Å². The Morgan fingerprint density at radius 3 is 2.83 bits per heavy atom. The monoisotopic (exact) mass is 278 g/mol. The van der Waals surface area contributed by atoms with Gasteiger partial charge in [-0.05, 0) is 23.3 Å². The maximum absolute atomic E-state index is 10.2. The number of rotatable bonds is 7. The zero-order valence-electron chi connectivity index (χ0n) is 9.37. The van der Waals surface area contributed by atoms with Crippen molar-refractivity contribution >= 4 is 22.4 Å². The molecule has 0 saturated heterocycles. The molecule has 102 valence electrons. The number of nitrogens with two attached hydrogens (primary N) is 1. The van der Waals surface area contributed by atoms with Crippen molar-refractivity contribution < 1.29 is 18.3 Å². The minimum Gasteiger partial charge on any atom is -0.379 e. The van der Waals surface area contributed by atoms with Crippen LogP contribution in [0.1, 0.15) is 12.1 Å². The van der Waals surface area contributed by atoms with Crippen LogP contribution in [-0.2, 0) is 10.7 Å². The van der Waals surface area contributed by atoms with Crippen molar-refractivity contribution in [1.29, 1.82) is 0 Å². The van der Waals surface area contributed by atoms with Gasteiger partial charge in [0.25, 0.3) is 0 Å². The van der Waals surface area contributed by atoms with Gasteiger partial charge in [0, 0.05) is 6.54 Å². The largest absolute Gasteiger partial charge is 0.379 e. The molecule has 0 amide bonds. The molecular formula is C7H14N6O4S. The van der Waals surface area contributed by atoms with Gasteiger partial charge in [0.1, 0.15) is 0 Å². The molecule has 5 N–H and O–H groups in total. The van der Waals surface area contributed by atoms with E-state index in [2.05, 4.69) is 25.3 Å². The van der Waals surface area contributed by atoms with E-state index in [0.717, 1.165) is 0 Å². The van der Waals surface area contributed by atoms with Crippen LogP contribution in [0.2, 0.25) is 0 Å². The first-order valence-electron chi connectivity index (χ1n) is 5.00. The predicted octanol–water partition coefficient (Wildman–Crippen LogP) is -2.07. The smallest absolute Gasteiger partial charge is 0.199 e. The van der Waals surface area contributed by atoms with E-state index >= 15 is 0 Å². The van der Waals surface area contributed by atoms with Crippen LogP contribution in [0.5, 0.6) is 0 Å². The van der Waals surface area contributed by atoms with E-state index in [1.807, 2.05) is 5.48 Å². The van der Waals surface area contributed by atoms with Gasteiger partial charge in [0.15, 0.2) is 28.1 Å². The lowest BCUT2D eigenvalue weighted by Gasteiger charge is -2.01. The third kappa shape index (κ3) is 4.65. The highest BCUT2D eigenvalue weighted by Crippen LogP contribution is 2.04. The maximum Gasteiger partial charge on any atom is 0.199 e. The van der Waals surface area contributed by atoms with Crippen molar-refractivity contribution in [3.63, 3.8) is 0 Å². The lowest BCUT2D eigenvalue weighted by Crippen LogP contribution is -2.23. The molecule has 0 fully saturated rings. The number of nitrogen functional groups attached to an aromatic ring is 1. The van der Waals surface area contributed by atoms with Crippen molar-refractivity contribution in [3.05, 3.63) is 5.69 Å². The van der Waals surface area contributed by atoms with E-state index in [0.29, 0.717) is 19.5 Å².